The summed E-state index contributed by atoms with van der Waals surface area (Å²) in [6.45, 7) is 6.34. The summed E-state index contributed by atoms with van der Waals surface area (Å²) in [5.74, 6) is 1.63. The van der Waals surface area contributed by atoms with Gasteiger partial charge in [0.05, 0.1) is 24.8 Å². The van der Waals surface area contributed by atoms with Crippen LogP contribution in [0, 0.1) is 0 Å². The molecule has 1 N–H and O–H groups in total. The van der Waals surface area contributed by atoms with Crippen molar-refractivity contribution in [1.29, 1.82) is 0 Å². The Kier molecular flexibility index (Phi) is 7.88. The molecule has 0 saturated carbocycles. The van der Waals surface area contributed by atoms with Crippen molar-refractivity contribution < 1.29 is 9.15 Å². The fourth-order valence-electron chi connectivity index (χ4n) is 2.58. The van der Waals surface area contributed by atoms with Crippen molar-refractivity contribution in [2.45, 2.75) is 6.54 Å². The molecule has 7 heteroatoms. The van der Waals surface area contributed by atoms with Crippen LogP contribution in [0.2, 0.25) is 10.0 Å². The lowest BCUT2D eigenvalue weighted by Gasteiger charge is -2.26. The first kappa shape index (κ1) is 19.6. The van der Waals surface area contributed by atoms with E-state index in [-0.39, 0.29) is 12.4 Å². The van der Waals surface area contributed by atoms with E-state index < -0.39 is 0 Å². The van der Waals surface area contributed by atoms with Crippen LogP contribution in [0.5, 0.6) is 0 Å². The van der Waals surface area contributed by atoms with Crippen LogP contribution in [-0.4, -0.2) is 44.3 Å². The van der Waals surface area contributed by atoms with E-state index in [0.717, 1.165) is 56.5 Å². The number of halogens is 3. The number of furan rings is 1. The Hall–Kier alpha value is -0.750. The number of morpholine rings is 1. The molecule has 24 heavy (non-hydrogen) atoms. The third kappa shape index (κ3) is 5.38. The van der Waals surface area contributed by atoms with Crippen molar-refractivity contribution in [3.05, 3.63) is 46.1 Å². The molecule has 0 unspecified atom stereocenters. The highest BCUT2D eigenvalue weighted by Crippen LogP contribution is 2.31. The largest absolute Gasteiger partial charge is 0.460 e. The third-order valence-corrected chi connectivity index (χ3v) is 4.43. The molecule has 2 aromatic rings. The predicted octanol–water partition coefficient (Wildman–Crippen LogP) is 4.10. The molecule has 132 valence electrons. The summed E-state index contributed by atoms with van der Waals surface area (Å²) in [6.07, 6.45) is 0. The summed E-state index contributed by atoms with van der Waals surface area (Å²) < 4.78 is 11.2. The fraction of sp³-hybridized carbons (Fsp3) is 0.412. The molecule has 1 aromatic carbocycles. The van der Waals surface area contributed by atoms with Gasteiger partial charge in [-0.1, -0.05) is 23.2 Å². The molecule has 0 aliphatic carbocycles. The number of hydrogen-bond acceptors (Lipinski definition) is 4. The highest BCUT2D eigenvalue weighted by atomic mass is 35.5. The van der Waals surface area contributed by atoms with Gasteiger partial charge in [-0.3, -0.25) is 4.90 Å². The number of ether oxygens (including phenoxy) is 1. The first-order valence-corrected chi connectivity index (χ1v) is 8.53. The van der Waals surface area contributed by atoms with Gasteiger partial charge in [-0.05, 0) is 30.3 Å². The summed E-state index contributed by atoms with van der Waals surface area (Å²) in [7, 11) is 0. The van der Waals surface area contributed by atoms with Crippen LogP contribution in [0.15, 0.2) is 34.7 Å². The summed E-state index contributed by atoms with van der Waals surface area (Å²) in [5.41, 5.74) is 0.818. The second kappa shape index (κ2) is 9.66. The molecular weight excluding hydrogens is 371 g/mol. The monoisotopic (exact) mass is 390 g/mol. The molecule has 1 fully saturated rings. The van der Waals surface area contributed by atoms with Gasteiger partial charge in [0.25, 0.3) is 0 Å². The van der Waals surface area contributed by atoms with Crippen LogP contribution in [0.1, 0.15) is 5.76 Å². The van der Waals surface area contributed by atoms with Crippen LogP contribution in [0.4, 0.5) is 0 Å². The van der Waals surface area contributed by atoms with E-state index >= 15 is 0 Å². The lowest BCUT2D eigenvalue weighted by atomic mass is 10.2. The average Bonchev–Trinajstić information content (AvgIpc) is 3.03. The first-order valence-electron chi connectivity index (χ1n) is 7.77. The van der Waals surface area contributed by atoms with Crippen molar-refractivity contribution in [2.24, 2.45) is 0 Å². The van der Waals surface area contributed by atoms with Gasteiger partial charge in [-0.25, -0.2) is 0 Å². The van der Waals surface area contributed by atoms with Crippen molar-refractivity contribution in [3.8, 4) is 11.3 Å². The maximum absolute atomic E-state index is 6.20. The number of rotatable bonds is 6. The number of nitrogens with one attached hydrogen (secondary N) is 1. The van der Waals surface area contributed by atoms with Gasteiger partial charge in [0.15, 0.2) is 0 Å². The van der Waals surface area contributed by atoms with Crippen molar-refractivity contribution in [2.75, 3.05) is 39.4 Å². The minimum absolute atomic E-state index is 0. The molecule has 0 amide bonds. The second-order valence-electron chi connectivity index (χ2n) is 5.52. The van der Waals surface area contributed by atoms with Crippen molar-refractivity contribution in [1.82, 2.24) is 10.2 Å². The molecule has 1 saturated heterocycles. The Bertz CT molecular complexity index is 643. The van der Waals surface area contributed by atoms with Crippen LogP contribution >= 0.6 is 35.6 Å². The molecule has 1 aromatic heterocycles. The van der Waals surface area contributed by atoms with Crippen LogP contribution in [0.3, 0.4) is 0 Å². The van der Waals surface area contributed by atoms with Crippen LogP contribution in [-0.2, 0) is 11.3 Å². The fourth-order valence-corrected chi connectivity index (χ4v) is 2.96. The molecule has 1 aliphatic heterocycles. The van der Waals surface area contributed by atoms with E-state index in [1.807, 2.05) is 18.2 Å². The molecule has 0 bridgehead atoms. The van der Waals surface area contributed by atoms with Crippen LogP contribution in [0.25, 0.3) is 11.3 Å². The van der Waals surface area contributed by atoms with Gasteiger partial charge >= 0.3 is 0 Å². The molecule has 2 heterocycles. The predicted molar refractivity (Wildman–Crippen MR) is 100 cm³/mol. The first-order chi connectivity index (χ1) is 11.2. The van der Waals surface area contributed by atoms with E-state index in [2.05, 4.69) is 10.2 Å². The zero-order valence-electron chi connectivity index (χ0n) is 13.3. The molecule has 0 spiro atoms. The SMILES string of the molecule is Cl.Clc1ccc(Cl)c(-c2ccc(CNCCN3CCOCC3)o2)c1. The summed E-state index contributed by atoms with van der Waals surface area (Å²) in [4.78, 5) is 2.40. The molecule has 1 aliphatic rings. The van der Waals surface area contributed by atoms with E-state index in [1.54, 1.807) is 12.1 Å². The summed E-state index contributed by atoms with van der Waals surface area (Å²) in [6, 6.07) is 9.26. The molecular formula is C17H21Cl3N2O2. The van der Waals surface area contributed by atoms with Gasteiger partial charge in [0.2, 0.25) is 0 Å². The smallest absolute Gasteiger partial charge is 0.135 e. The molecule has 4 nitrogen and oxygen atoms in total. The summed E-state index contributed by atoms with van der Waals surface area (Å²) in [5, 5.41) is 4.68. The van der Waals surface area contributed by atoms with E-state index in [1.165, 1.54) is 0 Å². The number of nitrogens with zero attached hydrogens (tertiary/aromatic N) is 1. The molecule has 0 radical (unpaired) electrons. The quantitative estimate of drug-likeness (QED) is 0.752. The third-order valence-electron chi connectivity index (χ3n) is 3.86. The zero-order valence-corrected chi connectivity index (χ0v) is 15.6. The Morgan fingerprint density at radius 1 is 1.08 bits per heavy atom. The normalized spacial score (nSPS) is 15.2. The van der Waals surface area contributed by atoms with Gasteiger partial charge < -0.3 is 14.5 Å². The average molecular weight is 392 g/mol. The van der Waals surface area contributed by atoms with Gasteiger partial charge in [-0.15, -0.1) is 12.4 Å². The van der Waals surface area contributed by atoms with Gasteiger partial charge in [-0.2, -0.15) is 0 Å². The van der Waals surface area contributed by atoms with Crippen LogP contribution < -0.4 is 5.32 Å². The Labute approximate surface area is 158 Å². The number of benzene rings is 1. The molecule has 3 rings (SSSR count). The highest BCUT2D eigenvalue weighted by molar-refractivity contribution is 6.35. The van der Waals surface area contributed by atoms with Gasteiger partial charge in [0.1, 0.15) is 11.5 Å². The van der Waals surface area contributed by atoms with Gasteiger partial charge in [0, 0.05) is 36.8 Å². The lowest BCUT2D eigenvalue weighted by molar-refractivity contribution is 0.0383. The van der Waals surface area contributed by atoms with E-state index in [9.17, 15) is 0 Å². The van der Waals surface area contributed by atoms with Crippen molar-refractivity contribution >= 4 is 35.6 Å². The Balaban J connectivity index is 0.00000208. The van der Waals surface area contributed by atoms with Crippen molar-refractivity contribution in [3.63, 3.8) is 0 Å². The highest BCUT2D eigenvalue weighted by Gasteiger charge is 2.11. The standard InChI is InChI=1S/C17H20Cl2N2O2.ClH/c18-13-1-3-16(19)15(11-13)17-4-2-14(23-17)12-20-5-6-21-7-9-22-10-8-21;/h1-4,11,20H,5-10,12H2;1H. The topological polar surface area (TPSA) is 37.6 Å². The number of hydrogen-bond donors (Lipinski definition) is 1. The minimum atomic E-state index is 0. The zero-order chi connectivity index (χ0) is 16.1. The Morgan fingerprint density at radius 3 is 2.67 bits per heavy atom. The molecule has 0 atom stereocenters. The lowest BCUT2D eigenvalue weighted by Crippen LogP contribution is -2.40. The Morgan fingerprint density at radius 2 is 1.88 bits per heavy atom. The van der Waals surface area contributed by atoms with E-state index in [0.29, 0.717) is 16.6 Å². The maximum Gasteiger partial charge on any atom is 0.135 e. The van der Waals surface area contributed by atoms with E-state index in [4.69, 9.17) is 32.4 Å². The maximum atomic E-state index is 6.20. The summed E-state index contributed by atoms with van der Waals surface area (Å²) >= 11 is 12.2. The minimum Gasteiger partial charge on any atom is -0.460 e. The second-order valence-corrected chi connectivity index (χ2v) is 6.36.